The first-order chi connectivity index (χ1) is 15.0. The van der Waals surface area contributed by atoms with Crippen molar-refractivity contribution < 1.29 is 9.53 Å². The Labute approximate surface area is 182 Å². The van der Waals surface area contributed by atoms with Gasteiger partial charge in [-0.2, -0.15) is 0 Å². The minimum atomic E-state index is -0.318. The molecule has 1 aliphatic rings. The van der Waals surface area contributed by atoms with E-state index in [2.05, 4.69) is 0 Å². The Hall–Kier alpha value is -2.99. The molecule has 0 N–H and O–H groups in total. The second-order valence-electron chi connectivity index (χ2n) is 8.19. The largest absolute Gasteiger partial charge is 0.383 e. The van der Waals surface area contributed by atoms with Gasteiger partial charge in [0, 0.05) is 19.6 Å². The zero-order valence-corrected chi connectivity index (χ0v) is 18.4. The van der Waals surface area contributed by atoms with Crippen molar-refractivity contribution in [3.8, 4) is 5.69 Å². The first kappa shape index (κ1) is 21.2. The van der Waals surface area contributed by atoms with Gasteiger partial charge in [0.2, 0.25) is 5.91 Å². The van der Waals surface area contributed by atoms with Crippen LogP contribution >= 0.6 is 0 Å². The molecule has 1 amide bonds. The number of carbonyl (C=O) groups is 1. The average Bonchev–Trinajstić information content (AvgIpc) is 3.63. The Morgan fingerprint density at radius 1 is 1.19 bits per heavy atom. The zero-order chi connectivity index (χ0) is 22.0. The number of hydrogen-bond acceptors (Lipinski definition) is 4. The fourth-order valence-electron chi connectivity index (χ4n) is 4.03. The van der Waals surface area contributed by atoms with Gasteiger partial charge >= 0.3 is 0 Å². The molecule has 6 nitrogen and oxygen atoms in total. The van der Waals surface area contributed by atoms with Crippen molar-refractivity contribution in [1.82, 2.24) is 14.5 Å². The summed E-state index contributed by atoms with van der Waals surface area (Å²) in [6, 6.07) is 14.9. The summed E-state index contributed by atoms with van der Waals surface area (Å²) >= 11 is 0. The van der Waals surface area contributed by atoms with Crippen LogP contribution in [0, 0.1) is 12.8 Å². The van der Waals surface area contributed by atoms with E-state index in [0.29, 0.717) is 36.3 Å². The van der Waals surface area contributed by atoms with Crippen molar-refractivity contribution in [2.45, 2.75) is 39.2 Å². The van der Waals surface area contributed by atoms with Crippen molar-refractivity contribution in [2.75, 3.05) is 20.3 Å². The molecule has 1 heterocycles. The van der Waals surface area contributed by atoms with Gasteiger partial charge in [-0.1, -0.05) is 36.8 Å². The number of para-hydroxylation sites is 1. The summed E-state index contributed by atoms with van der Waals surface area (Å²) in [7, 11) is 1.64. The molecule has 0 saturated heterocycles. The minimum absolute atomic E-state index is 0.0749. The van der Waals surface area contributed by atoms with Crippen LogP contribution in [0.3, 0.4) is 0 Å². The van der Waals surface area contributed by atoms with E-state index in [1.165, 1.54) is 0 Å². The van der Waals surface area contributed by atoms with Gasteiger partial charge in [0.05, 0.1) is 29.2 Å². The monoisotopic (exact) mass is 419 g/mol. The summed E-state index contributed by atoms with van der Waals surface area (Å²) < 4.78 is 6.97. The summed E-state index contributed by atoms with van der Waals surface area (Å²) in [4.78, 5) is 33.6. The van der Waals surface area contributed by atoms with E-state index in [4.69, 9.17) is 9.72 Å². The fraction of sp³-hybridized carbons (Fsp3) is 0.400. The van der Waals surface area contributed by atoms with Gasteiger partial charge in [0.15, 0.2) is 0 Å². The number of fused-ring (bicyclic) bond motifs is 1. The van der Waals surface area contributed by atoms with Gasteiger partial charge in [-0.3, -0.25) is 14.2 Å². The maximum absolute atomic E-state index is 13.6. The molecule has 31 heavy (non-hydrogen) atoms. The van der Waals surface area contributed by atoms with E-state index < -0.39 is 0 Å². The van der Waals surface area contributed by atoms with Gasteiger partial charge in [-0.25, -0.2) is 4.98 Å². The molecule has 1 atom stereocenters. The number of rotatable bonds is 8. The normalized spacial score (nSPS) is 14.5. The van der Waals surface area contributed by atoms with Crippen molar-refractivity contribution in [1.29, 1.82) is 0 Å². The van der Waals surface area contributed by atoms with Crippen LogP contribution in [0.2, 0.25) is 0 Å². The van der Waals surface area contributed by atoms with Crippen LogP contribution in [0.1, 0.15) is 43.6 Å². The lowest BCUT2D eigenvalue weighted by atomic mass is 10.1. The molecule has 2 aromatic carbocycles. The predicted octanol–water partition coefficient (Wildman–Crippen LogP) is 4.03. The highest BCUT2D eigenvalue weighted by atomic mass is 16.5. The predicted molar refractivity (Wildman–Crippen MR) is 121 cm³/mol. The van der Waals surface area contributed by atoms with Crippen LogP contribution in [0.4, 0.5) is 0 Å². The van der Waals surface area contributed by atoms with Crippen molar-refractivity contribution >= 4 is 16.8 Å². The van der Waals surface area contributed by atoms with Gasteiger partial charge in [0.25, 0.3) is 5.56 Å². The molecule has 0 bridgehead atoms. The zero-order valence-electron chi connectivity index (χ0n) is 18.4. The molecule has 1 unspecified atom stereocenters. The lowest BCUT2D eigenvalue weighted by molar-refractivity contribution is -0.136. The number of methoxy groups -OCH3 is 1. The summed E-state index contributed by atoms with van der Waals surface area (Å²) in [6.45, 7) is 4.96. The summed E-state index contributed by atoms with van der Waals surface area (Å²) in [5.41, 5.74) is 2.40. The molecule has 1 saturated carbocycles. The molecule has 1 aromatic heterocycles. The first-order valence-corrected chi connectivity index (χ1v) is 10.9. The summed E-state index contributed by atoms with van der Waals surface area (Å²) in [6.07, 6.45) is 2.50. The molecule has 162 valence electrons. The van der Waals surface area contributed by atoms with Crippen LogP contribution in [0.5, 0.6) is 0 Å². The highest BCUT2D eigenvalue weighted by Crippen LogP contribution is 2.35. The fourth-order valence-corrected chi connectivity index (χ4v) is 4.03. The molecule has 0 aliphatic heterocycles. The molecular weight excluding hydrogens is 390 g/mol. The topological polar surface area (TPSA) is 64.4 Å². The van der Waals surface area contributed by atoms with Gasteiger partial charge in [-0.15, -0.1) is 0 Å². The maximum atomic E-state index is 13.6. The number of hydrogen-bond donors (Lipinski definition) is 0. The Morgan fingerprint density at radius 2 is 1.90 bits per heavy atom. The Morgan fingerprint density at radius 3 is 2.55 bits per heavy atom. The summed E-state index contributed by atoms with van der Waals surface area (Å²) in [5.74, 6) is 0.799. The lowest BCUT2D eigenvalue weighted by Crippen LogP contribution is -2.41. The minimum Gasteiger partial charge on any atom is -0.383 e. The van der Waals surface area contributed by atoms with Crippen molar-refractivity contribution in [2.24, 2.45) is 5.92 Å². The number of nitrogens with zero attached hydrogens (tertiary/aromatic N) is 3. The van der Waals surface area contributed by atoms with E-state index in [1.54, 1.807) is 17.7 Å². The van der Waals surface area contributed by atoms with Crippen molar-refractivity contribution in [3.63, 3.8) is 0 Å². The van der Waals surface area contributed by atoms with Gasteiger partial charge < -0.3 is 9.64 Å². The van der Waals surface area contributed by atoms with Gasteiger partial charge in [0.1, 0.15) is 5.82 Å². The second-order valence-corrected chi connectivity index (χ2v) is 8.19. The maximum Gasteiger partial charge on any atom is 0.266 e. The quantitative estimate of drug-likeness (QED) is 0.553. The summed E-state index contributed by atoms with van der Waals surface area (Å²) in [5, 5.41) is 0.568. The lowest BCUT2D eigenvalue weighted by Gasteiger charge is -2.32. The molecular formula is C25H29N3O3. The molecule has 6 heteroatoms. The number of aromatic nitrogens is 2. The van der Waals surface area contributed by atoms with E-state index in [9.17, 15) is 9.59 Å². The van der Waals surface area contributed by atoms with E-state index in [-0.39, 0.29) is 23.4 Å². The number of ether oxygens (including phenoxy) is 1. The molecule has 1 fully saturated rings. The van der Waals surface area contributed by atoms with E-state index >= 15 is 0 Å². The number of aryl methyl sites for hydroxylation is 1. The molecule has 4 rings (SSSR count). The Bertz CT molecular complexity index is 1130. The van der Waals surface area contributed by atoms with E-state index in [0.717, 1.165) is 24.1 Å². The third-order valence-electron chi connectivity index (χ3n) is 5.90. The molecule has 3 aromatic rings. The standard InChI is InChI=1S/C25H29N3O3/c1-4-22(27(15-16-31-3)24(29)18-11-12-18)23-26-21-8-6-5-7-20(21)25(30)28(23)19-13-9-17(2)10-14-19/h5-10,13-14,18,22H,4,11-12,15-16H2,1-3H3. The van der Waals surface area contributed by atoms with Crippen LogP contribution in [0.25, 0.3) is 16.6 Å². The first-order valence-electron chi connectivity index (χ1n) is 10.9. The SMILES string of the molecule is CCC(c1nc2ccccc2c(=O)n1-c1ccc(C)cc1)N(CCOC)C(=O)C1CC1. The number of benzene rings is 2. The van der Waals surface area contributed by atoms with Crippen molar-refractivity contribution in [3.05, 3.63) is 70.3 Å². The van der Waals surface area contributed by atoms with E-state index in [1.807, 2.05) is 61.2 Å². The average molecular weight is 420 g/mol. The van der Waals surface area contributed by atoms with Crippen LogP contribution in [-0.2, 0) is 9.53 Å². The molecule has 1 aliphatic carbocycles. The molecule has 0 spiro atoms. The van der Waals surface area contributed by atoms with Gasteiger partial charge in [-0.05, 0) is 50.5 Å². The van der Waals surface area contributed by atoms with Crippen LogP contribution in [0.15, 0.2) is 53.3 Å². The Balaban J connectivity index is 1.92. The second kappa shape index (κ2) is 9.02. The molecule has 0 radical (unpaired) electrons. The smallest absolute Gasteiger partial charge is 0.266 e. The third-order valence-corrected chi connectivity index (χ3v) is 5.90. The number of amides is 1. The highest BCUT2D eigenvalue weighted by Gasteiger charge is 2.37. The highest BCUT2D eigenvalue weighted by molar-refractivity contribution is 5.82. The van der Waals surface area contributed by atoms with Crippen LogP contribution < -0.4 is 5.56 Å². The van der Waals surface area contributed by atoms with Crippen LogP contribution in [-0.4, -0.2) is 40.6 Å². The Kier molecular flexibility index (Phi) is 6.18. The number of carbonyl (C=O) groups excluding carboxylic acids is 1. The third kappa shape index (κ3) is 4.26.